The van der Waals surface area contributed by atoms with Gasteiger partial charge in [0.25, 0.3) is 0 Å². The summed E-state index contributed by atoms with van der Waals surface area (Å²) in [5.41, 5.74) is 2.85. The highest BCUT2D eigenvalue weighted by Crippen LogP contribution is 2.30. The summed E-state index contributed by atoms with van der Waals surface area (Å²) >= 11 is 0. The fraction of sp³-hybridized carbons (Fsp3) is 0.476. The second kappa shape index (κ2) is 8.04. The van der Waals surface area contributed by atoms with Crippen LogP contribution in [0.5, 0.6) is 5.75 Å². The molecule has 1 N–H and O–H groups in total. The van der Waals surface area contributed by atoms with Crippen molar-refractivity contribution in [3.8, 4) is 5.75 Å². The SMILES string of the molecule is COc1ccccc1NC(=O)N1CCc2nc(C)nc(N3CCCCC3)c2C1. The third kappa shape index (κ3) is 3.74. The molecule has 148 valence electrons. The van der Waals surface area contributed by atoms with Crippen LogP contribution < -0.4 is 15.0 Å². The molecule has 0 atom stereocenters. The molecule has 0 saturated carbocycles. The summed E-state index contributed by atoms with van der Waals surface area (Å²) in [5, 5.41) is 2.98. The van der Waals surface area contributed by atoms with E-state index in [1.165, 1.54) is 19.3 Å². The minimum atomic E-state index is -0.125. The highest BCUT2D eigenvalue weighted by molar-refractivity contribution is 5.91. The van der Waals surface area contributed by atoms with Crippen LogP contribution >= 0.6 is 0 Å². The smallest absolute Gasteiger partial charge is 0.322 e. The minimum absolute atomic E-state index is 0.125. The summed E-state index contributed by atoms with van der Waals surface area (Å²) in [4.78, 5) is 26.5. The highest BCUT2D eigenvalue weighted by Gasteiger charge is 2.28. The molecule has 0 radical (unpaired) electrons. The Kier molecular flexibility index (Phi) is 5.32. The minimum Gasteiger partial charge on any atom is -0.495 e. The van der Waals surface area contributed by atoms with Gasteiger partial charge in [0.1, 0.15) is 17.4 Å². The normalized spacial score (nSPS) is 16.5. The van der Waals surface area contributed by atoms with Crippen molar-refractivity contribution in [1.82, 2.24) is 14.9 Å². The van der Waals surface area contributed by atoms with E-state index < -0.39 is 0 Å². The number of anilines is 2. The molecule has 0 unspecified atom stereocenters. The monoisotopic (exact) mass is 381 g/mol. The fourth-order valence-electron chi connectivity index (χ4n) is 4.00. The van der Waals surface area contributed by atoms with Gasteiger partial charge in [0.15, 0.2) is 0 Å². The van der Waals surface area contributed by atoms with E-state index in [1.54, 1.807) is 7.11 Å². The van der Waals surface area contributed by atoms with E-state index in [2.05, 4.69) is 15.2 Å². The Hall–Kier alpha value is -2.83. The quantitative estimate of drug-likeness (QED) is 0.883. The van der Waals surface area contributed by atoms with Crippen molar-refractivity contribution in [2.24, 2.45) is 0 Å². The van der Waals surface area contributed by atoms with Gasteiger partial charge in [-0.25, -0.2) is 14.8 Å². The summed E-state index contributed by atoms with van der Waals surface area (Å²) in [5.74, 6) is 2.48. The highest BCUT2D eigenvalue weighted by atomic mass is 16.5. The first-order chi connectivity index (χ1) is 13.7. The van der Waals surface area contributed by atoms with E-state index in [0.717, 1.165) is 42.4 Å². The van der Waals surface area contributed by atoms with Gasteiger partial charge in [-0.1, -0.05) is 12.1 Å². The number of aryl methyl sites for hydroxylation is 1. The zero-order valence-corrected chi connectivity index (χ0v) is 16.6. The Balaban J connectivity index is 1.56. The maximum atomic E-state index is 12.9. The van der Waals surface area contributed by atoms with Gasteiger partial charge in [-0.3, -0.25) is 0 Å². The third-order valence-electron chi connectivity index (χ3n) is 5.44. The molecule has 0 spiro atoms. The lowest BCUT2D eigenvalue weighted by atomic mass is 10.0. The predicted molar refractivity (Wildman–Crippen MR) is 109 cm³/mol. The number of ether oxygens (including phenoxy) is 1. The number of hydrogen-bond donors (Lipinski definition) is 1. The van der Waals surface area contributed by atoms with E-state index in [0.29, 0.717) is 24.5 Å². The molecule has 0 bridgehead atoms. The number of urea groups is 1. The fourth-order valence-corrected chi connectivity index (χ4v) is 4.00. The first-order valence-electron chi connectivity index (χ1n) is 9.96. The number of hydrogen-bond acceptors (Lipinski definition) is 5. The van der Waals surface area contributed by atoms with Crippen LogP contribution in [0.3, 0.4) is 0 Å². The number of amides is 2. The molecule has 7 heteroatoms. The molecule has 3 heterocycles. The number of piperidine rings is 1. The number of nitrogens with zero attached hydrogens (tertiary/aromatic N) is 4. The Morgan fingerprint density at radius 3 is 2.68 bits per heavy atom. The van der Waals surface area contributed by atoms with Crippen LogP contribution in [0.25, 0.3) is 0 Å². The van der Waals surface area contributed by atoms with Gasteiger partial charge >= 0.3 is 6.03 Å². The lowest BCUT2D eigenvalue weighted by Crippen LogP contribution is -2.41. The Bertz CT molecular complexity index is 864. The standard InChI is InChI=1S/C21H27N5O2/c1-15-22-17-10-13-26(21(27)24-18-8-4-5-9-19(18)28-2)14-16(17)20(23-15)25-11-6-3-7-12-25/h4-5,8-9H,3,6-7,10-14H2,1-2H3,(H,24,27). The lowest BCUT2D eigenvalue weighted by molar-refractivity contribution is 0.205. The predicted octanol–water partition coefficient (Wildman–Crippen LogP) is 3.37. The third-order valence-corrected chi connectivity index (χ3v) is 5.44. The van der Waals surface area contributed by atoms with Gasteiger partial charge in [-0.15, -0.1) is 0 Å². The number of para-hydroxylation sites is 2. The van der Waals surface area contributed by atoms with Crippen molar-refractivity contribution in [1.29, 1.82) is 0 Å². The van der Waals surface area contributed by atoms with Crippen molar-refractivity contribution in [2.75, 3.05) is 37.0 Å². The van der Waals surface area contributed by atoms with E-state index in [-0.39, 0.29) is 6.03 Å². The summed E-state index contributed by atoms with van der Waals surface area (Å²) < 4.78 is 5.34. The summed E-state index contributed by atoms with van der Waals surface area (Å²) in [6.07, 6.45) is 4.40. The largest absolute Gasteiger partial charge is 0.495 e. The molecule has 2 aliphatic heterocycles. The first kappa shape index (κ1) is 18.5. The van der Waals surface area contributed by atoms with Crippen molar-refractivity contribution in [2.45, 2.75) is 39.2 Å². The average molecular weight is 381 g/mol. The molecule has 1 saturated heterocycles. The molecule has 28 heavy (non-hydrogen) atoms. The molecule has 2 aliphatic rings. The number of methoxy groups -OCH3 is 1. The average Bonchev–Trinajstić information content (AvgIpc) is 2.73. The zero-order chi connectivity index (χ0) is 19.5. The number of aromatic nitrogens is 2. The molecule has 1 fully saturated rings. The molecular formula is C21H27N5O2. The van der Waals surface area contributed by atoms with E-state index in [1.807, 2.05) is 36.1 Å². The van der Waals surface area contributed by atoms with Crippen LogP contribution in [-0.2, 0) is 13.0 Å². The van der Waals surface area contributed by atoms with Crippen LogP contribution in [-0.4, -0.2) is 47.6 Å². The molecule has 1 aromatic heterocycles. The number of rotatable bonds is 3. The second-order valence-corrected chi connectivity index (χ2v) is 7.37. The number of carbonyl (C=O) groups is 1. The summed E-state index contributed by atoms with van der Waals surface area (Å²) in [6.45, 7) is 5.17. The van der Waals surface area contributed by atoms with Crippen LogP contribution in [0, 0.1) is 6.92 Å². The molecule has 0 aliphatic carbocycles. The van der Waals surface area contributed by atoms with E-state index in [4.69, 9.17) is 9.72 Å². The van der Waals surface area contributed by atoms with Gasteiger partial charge in [-0.2, -0.15) is 0 Å². The number of fused-ring (bicyclic) bond motifs is 1. The van der Waals surface area contributed by atoms with Crippen molar-refractivity contribution >= 4 is 17.5 Å². The number of benzene rings is 1. The van der Waals surface area contributed by atoms with Crippen molar-refractivity contribution < 1.29 is 9.53 Å². The van der Waals surface area contributed by atoms with Gasteiger partial charge in [-0.05, 0) is 38.3 Å². The number of nitrogens with one attached hydrogen (secondary N) is 1. The van der Waals surface area contributed by atoms with Gasteiger partial charge in [0.2, 0.25) is 0 Å². The first-order valence-corrected chi connectivity index (χ1v) is 9.96. The van der Waals surface area contributed by atoms with Gasteiger partial charge in [0.05, 0.1) is 25.0 Å². The molecular weight excluding hydrogens is 354 g/mol. The molecule has 1 aromatic carbocycles. The van der Waals surface area contributed by atoms with Gasteiger partial charge < -0.3 is 19.9 Å². The van der Waals surface area contributed by atoms with Crippen LogP contribution in [0.4, 0.5) is 16.3 Å². The number of carbonyl (C=O) groups excluding carboxylic acids is 1. The maximum Gasteiger partial charge on any atom is 0.322 e. The molecule has 4 rings (SSSR count). The van der Waals surface area contributed by atoms with Crippen LogP contribution in [0.15, 0.2) is 24.3 Å². The Morgan fingerprint density at radius 2 is 1.89 bits per heavy atom. The van der Waals surface area contributed by atoms with E-state index in [9.17, 15) is 4.79 Å². The Morgan fingerprint density at radius 1 is 1.11 bits per heavy atom. The zero-order valence-electron chi connectivity index (χ0n) is 16.6. The topological polar surface area (TPSA) is 70.6 Å². The maximum absolute atomic E-state index is 12.9. The van der Waals surface area contributed by atoms with Crippen LogP contribution in [0.1, 0.15) is 36.3 Å². The van der Waals surface area contributed by atoms with Crippen LogP contribution in [0.2, 0.25) is 0 Å². The summed E-state index contributed by atoms with van der Waals surface area (Å²) in [6, 6.07) is 7.33. The molecule has 2 amide bonds. The van der Waals surface area contributed by atoms with E-state index >= 15 is 0 Å². The van der Waals surface area contributed by atoms with Crippen molar-refractivity contribution in [3.63, 3.8) is 0 Å². The van der Waals surface area contributed by atoms with Crippen molar-refractivity contribution in [3.05, 3.63) is 41.3 Å². The molecule has 7 nitrogen and oxygen atoms in total. The molecule has 2 aromatic rings. The van der Waals surface area contributed by atoms with Gasteiger partial charge in [0, 0.05) is 31.6 Å². The summed E-state index contributed by atoms with van der Waals surface area (Å²) in [7, 11) is 1.60. The Labute approximate surface area is 165 Å². The second-order valence-electron chi connectivity index (χ2n) is 7.37. The lowest BCUT2D eigenvalue weighted by Gasteiger charge is -2.34.